The van der Waals surface area contributed by atoms with E-state index < -0.39 is 5.41 Å². The second kappa shape index (κ2) is 7.28. The molecule has 3 aromatic rings. The largest absolute Gasteiger partial charge is 0.346 e. The molecular weight excluding hydrogens is 352 g/mol. The Labute approximate surface area is 164 Å². The number of nitrogens with zero attached hydrogens (tertiary/aromatic N) is 1. The quantitative estimate of drug-likeness (QED) is 0.673. The van der Waals surface area contributed by atoms with Crippen molar-refractivity contribution >= 4 is 17.2 Å². The number of rotatable bonds is 4. The van der Waals surface area contributed by atoms with Gasteiger partial charge in [-0.1, -0.05) is 54.6 Å². The van der Waals surface area contributed by atoms with Crippen LogP contribution in [0, 0.1) is 0 Å². The first kappa shape index (κ1) is 17.9. The van der Waals surface area contributed by atoms with Crippen LogP contribution in [-0.2, 0) is 16.6 Å². The summed E-state index contributed by atoms with van der Waals surface area (Å²) < 4.78 is 0. The summed E-state index contributed by atoms with van der Waals surface area (Å²) in [6, 6.07) is 18.4. The van der Waals surface area contributed by atoms with E-state index in [1.807, 2.05) is 31.2 Å². The Bertz CT molecular complexity index is 950. The summed E-state index contributed by atoms with van der Waals surface area (Å²) in [5, 5.41) is 6.22. The molecule has 1 aliphatic carbocycles. The molecule has 0 bridgehead atoms. The summed E-state index contributed by atoms with van der Waals surface area (Å²) in [6.45, 7) is 4.09. The van der Waals surface area contributed by atoms with Crippen LogP contribution in [-0.4, -0.2) is 10.9 Å². The number of thiazole rings is 1. The zero-order chi connectivity index (χ0) is 18.9. The van der Waals surface area contributed by atoms with Crippen molar-refractivity contribution in [3.05, 3.63) is 76.1 Å². The monoisotopic (exact) mass is 376 g/mol. The topological polar surface area (TPSA) is 42.0 Å². The first-order valence-corrected chi connectivity index (χ1v) is 10.4. The molecule has 3 nitrogen and oxygen atoms in total. The lowest BCUT2D eigenvalue weighted by atomic mass is 9.70. The van der Waals surface area contributed by atoms with Crippen LogP contribution in [0.25, 0.3) is 11.3 Å². The maximum absolute atomic E-state index is 13.2. The Morgan fingerprint density at radius 1 is 1.15 bits per heavy atom. The van der Waals surface area contributed by atoms with E-state index in [-0.39, 0.29) is 11.9 Å². The van der Waals surface area contributed by atoms with Crippen LogP contribution in [0.5, 0.6) is 0 Å². The highest BCUT2D eigenvalue weighted by molar-refractivity contribution is 7.10. The Morgan fingerprint density at radius 2 is 1.89 bits per heavy atom. The Kier molecular flexibility index (Phi) is 4.83. The number of amides is 1. The molecule has 2 atom stereocenters. The third-order valence-electron chi connectivity index (χ3n) is 5.55. The van der Waals surface area contributed by atoms with Crippen LogP contribution < -0.4 is 5.32 Å². The highest BCUT2D eigenvalue weighted by Gasteiger charge is 2.39. The lowest BCUT2D eigenvalue weighted by molar-refractivity contribution is -0.127. The molecule has 1 heterocycles. The third-order valence-corrected chi connectivity index (χ3v) is 6.57. The molecule has 0 aliphatic heterocycles. The number of fused-ring (bicyclic) bond motifs is 1. The molecule has 4 heteroatoms. The van der Waals surface area contributed by atoms with Gasteiger partial charge in [0.05, 0.1) is 17.2 Å². The number of hydrogen-bond donors (Lipinski definition) is 1. The first-order chi connectivity index (χ1) is 13.1. The van der Waals surface area contributed by atoms with Crippen LogP contribution in [0.3, 0.4) is 0 Å². The fourth-order valence-corrected chi connectivity index (χ4v) is 4.76. The lowest BCUT2D eigenvalue weighted by Crippen LogP contribution is -2.45. The number of hydrogen-bond acceptors (Lipinski definition) is 3. The van der Waals surface area contributed by atoms with Crippen molar-refractivity contribution in [1.29, 1.82) is 0 Å². The molecule has 4 rings (SSSR count). The lowest BCUT2D eigenvalue weighted by Gasteiger charge is -2.35. The summed E-state index contributed by atoms with van der Waals surface area (Å²) in [7, 11) is 0. The number of aryl methyl sites for hydroxylation is 1. The van der Waals surface area contributed by atoms with Crippen LogP contribution in [0.4, 0.5) is 0 Å². The van der Waals surface area contributed by atoms with Gasteiger partial charge in [-0.15, -0.1) is 11.3 Å². The number of aromatic nitrogens is 1. The number of benzene rings is 2. The summed E-state index contributed by atoms with van der Waals surface area (Å²) in [6.07, 6.45) is 2.99. The minimum atomic E-state index is -0.470. The molecule has 1 aliphatic rings. The van der Waals surface area contributed by atoms with Crippen LogP contribution in [0.1, 0.15) is 48.9 Å². The molecule has 0 radical (unpaired) electrons. The standard InChI is InChI=1S/C23H24N2OS/c1-16(21-25-20(15-27-21)18-10-4-3-5-11-18)24-22(26)23(2)14-8-12-17-9-6-7-13-19(17)23/h3-7,9-11,13,15-16H,8,12,14H2,1-2H3,(H,24,26)/t16-,23+/m1/s1. The molecule has 1 N–H and O–H groups in total. The summed E-state index contributed by atoms with van der Waals surface area (Å²) >= 11 is 1.60. The second-order valence-corrected chi connectivity index (χ2v) is 8.36. The van der Waals surface area contributed by atoms with Gasteiger partial charge in [-0.3, -0.25) is 4.79 Å². The predicted molar refractivity (Wildman–Crippen MR) is 111 cm³/mol. The van der Waals surface area contributed by atoms with Gasteiger partial charge in [-0.25, -0.2) is 4.98 Å². The first-order valence-electron chi connectivity index (χ1n) is 9.48. The van der Waals surface area contributed by atoms with Gasteiger partial charge >= 0.3 is 0 Å². The van der Waals surface area contributed by atoms with Crippen molar-refractivity contribution in [3.63, 3.8) is 0 Å². The van der Waals surface area contributed by atoms with Gasteiger partial charge in [0.25, 0.3) is 0 Å². The predicted octanol–water partition coefficient (Wildman–Crippen LogP) is 5.28. The van der Waals surface area contributed by atoms with Gasteiger partial charge in [0.1, 0.15) is 5.01 Å². The molecular formula is C23H24N2OS. The Hall–Kier alpha value is -2.46. The highest BCUT2D eigenvalue weighted by Crippen LogP contribution is 2.38. The molecule has 0 saturated heterocycles. The fraction of sp³-hybridized carbons (Fsp3) is 0.304. The van der Waals surface area contributed by atoms with Crippen molar-refractivity contribution in [2.24, 2.45) is 0 Å². The van der Waals surface area contributed by atoms with Gasteiger partial charge in [0.2, 0.25) is 5.91 Å². The van der Waals surface area contributed by atoms with E-state index in [1.165, 1.54) is 11.1 Å². The second-order valence-electron chi connectivity index (χ2n) is 7.47. The molecule has 0 saturated carbocycles. The molecule has 0 fully saturated rings. The molecule has 27 heavy (non-hydrogen) atoms. The van der Waals surface area contributed by atoms with Gasteiger partial charge in [0, 0.05) is 10.9 Å². The highest BCUT2D eigenvalue weighted by atomic mass is 32.1. The van der Waals surface area contributed by atoms with Gasteiger partial charge in [-0.05, 0) is 44.2 Å². The summed E-state index contributed by atoms with van der Waals surface area (Å²) in [5.74, 6) is 0.0959. The van der Waals surface area contributed by atoms with E-state index in [4.69, 9.17) is 4.98 Å². The molecule has 2 aromatic carbocycles. The van der Waals surface area contributed by atoms with Crippen molar-refractivity contribution in [3.8, 4) is 11.3 Å². The summed E-state index contributed by atoms with van der Waals surface area (Å²) in [4.78, 5) is 18.0. The molecule has 0 unspecified atom stereocenters. The van der Waals surface area contributed by atoms with Crippen molar-refractivity contribution < 1.29 is 4.79 Å². The maximum atomic E-state index is 13.2. The number of carbonyl (C=O) groups excluding carboxylic acids is 1. The SMILES string of the molecule is C[C@@H](NC(=O)[C@@]1(C)CCCc2ccccc21)c1nc(-c2ccccc2)cs1. The third kappa shape index (κ3) is 3.42. The van der Waals surface area contributed by atoms with Crippen LogP contribution in [0.2, 0.25) is 0 Å². The van der Waals surface area contributed by atoms with E-state index in [1.54, 1.807) is 11.3 Å². The van der Waals surface area contributed by atoms with Gasteiger partial charge in [0.15, 0.2) is 0 Å². The van der Waals surface area contributed by atoms with E-state index in [0.717, 1.165) is 35.5 Å². The molecule has 138 valence electrons. The zero-order valence-electron chi connectivity index (χ0n) is 15.7. The number of nitrogens with one attached hydrogen (secondary N) is 1. The van der Waals surface area contributed by atoms with Crippen molar-refractivity contribution in [2.75, 3.05) is 0 Å². The molecule has 1 amide bonds. The van der Waals surface area contributed by atoms with Crippen LogP contribution in [0.15, 0.2) is 60.0 Å². The minimum Gasteiger partial charge on any atom is -0.346 e. The van der Waals surface area contributed by atoms with Crippen LogP contribution >= 0.6 is 11.3 Å². The average Bonchev–Trinajstić information content (AvgIpc) is 3.19. The van der Waals surface area contributed by atoms with E-state index in [0.29, 0.717) is 0 Å². The molecule has 1 aromatic heterocycles. The minimum absolute atomic E-state index is 0.0959. The normalized spacial score (nSPS) is 19.9. The Morgan fingerprint density at radius 3 is 2.70 bits per heavy atom. The van der Waals surface area contributed by atoms with Crippen molar-refractivity contribution in [2.45, 2.75) is 44.6 Å². The zero-order valence-corrected chi connectivity index (χ0v) is 16.6. The van der Waals surface area contributed by atoms with Gasteiger partial charge < -0.3 is 5.32 Å². The van der Waals surface area contributed by atoms with Gasteiger partial charge in [-0.2, -0.15) is 0 Å². The van der Waals surface area contributed by atoms with E-state index in [9.17, 15) is 4.79 Å². The van der Waals surface area contributed by atoms with E-state index >= 15 is 0 Å². The van der Waals surface area contributed by atoms with Crippen molar-refractivity contribution in [1.82, 2.24) is 10.3 Å². The van der Waals surface area contributed by atoms with E-state index in [2.05, 4.69) is 48.0 Å². The summed E-state index contributed by atoms with van der Waals surface area (Å²) in [5.41, 5.74) is 4.07. The Balaban J connectivity index is 1.53. The fourth-order valence-electron chi connectivity index (χ4n) is 3.93. The average molecular weight is 377 g/mol. The maximum Gasteiger partial charge on any atom is 0.230 e. The number of carbonyl (C=O) groups is 1. The smallest absolute Gasteiger partial charge is 0.230 e. The molecule has 0 spiro atoms.